The molecule has 4 rings (SSSR count). The molecule has 0 radical (unpaired) electrons. The van der Waals surface area contributed by atoms with E-state index in [0.29, 0.717) is 18.2 Å². The van der Waals surface area contributed by atoms with Crippen LogP contribution in [0.3, 0.4) is 0 Å². The topological polar surface area (TPSA) is 36.3 Å². The van der Waals surface area contributed by atoms with Gasteiger partial charge in [0.15, 0.2) is 11.9 Å². The summed E-state index contributed by atoms with van der Waals surface area (Å²) in [6.45, 7) is 5.39. The van der Waals surface area contributed by atoms with Gasteiger partial charge in [-0.15, -0.1) is 0 Å². The molecule has 0 N–H and O–H groups in total. The number of aryl methyl sites for hydroxylation is 1. The van der Waals surface area contributed by atoms with Gasteiger partial charge in [0.25, 0.3) is 0 Å². The molecule has 1 atom stereocenters. The summed E-state index contributed by atoms with van der Waals surface area (Å²) in [6, 6.07) is 23.8. The van der Waals surface area contributed by atoms with Crippen molar-refractivity contribution in [1.29, 1.82) is 0 Å². The first-order chi connectivity index (χ1) is 14.6. The number of halogens is 1. The summed E-state index contributed by atoms with van der Waals surface area (Å²) < 4.78 is 14.3. The van der Waals surface area contributed by atoms with Gasteiger partial charge in [-0.3, -0.25) is 0 Å². The molecule has 1 aromatic heterocycles. The summed E-state index contributed by atoms with van der Waals surface area (Å²) in [5, 5.41) is 0.686. The maximum Gasteiger partial charge on any atom is 0.153 e. The third-order valence-corrected chi connectivity index (χ3v) is 5.34. The number of imidazole rings is 1. The Morgan fingerprint density at radius 1 is 0.933 bits per heavy atom. The van der Waals surface area contributed by atoms with Crippen LogP contribution in [0, 0.1) is 0 Å². The highest BCUT2D eigenvalue weighted by Crippen LogP contribution is 2.26. The van der Waals surface area contributed by atoms with Crippen LogP contribution in [0.5, 0.6) is 11.5 Å². The summed E-state index contributed by atoms with van der Waals surface area (Å²) >= 11 is 5.98. The maximum absolute atomic E-state index is 6.13. The van der Waals surface area contributed by atoms with Crippen molar-refractivity contribution in [3.63, 3.8) is 0 Å². The number of hydrogen-bond donors (Lipinski definition) is 0. The molecule has 0 aliphatic rings. The fraction of sp³-hybridized carbons (Fsp3) is 0.240. The third kappa shape index (κ3) is 4.60. The second-order valence-corrected chi connectivity index (χ2v) is 7.61. The third-order valence-electron chi connectivity index (χ3n) is 5.09. The minimum absolute atomic E-state index is 0.220. The Balaban J connectivity index is 1.52. The molecule has 0 aliphatic heterocycles. The van der Waals surface area contributed by atoms with Crippen LogP contribution < -0.4 is 9.47 Å². The van der Waals surface area contributed by atoms with E-state index < -0.39 is 0 Å². The minimum Gasteiger partial charge on any atom is -0.492 e. The molecule has 0 fully saturated rings. The zero-order chi connectivity index (χ0) is 20.9. The fourth-order valence-electron chi connectivity index (χ4n) is 3.49. The molecular formula is C25H25ClN2O2. The lowest BCUT2D eigenvalue weighted by Gasteiger charge is -2.17. The highest BCUT2D eigenvalue weighted by Gasteiger charge is 2.18. The van der Waals surface area contributed by atoms with Gasteiger partial charge in [0.05, 0.1) is 17.6 Å². The van der Waals surface area contributed by atoms with Crippen molar-refractivity contribution in [2.75, 3.05) is 6.61 Å². The van der Waals surface area contributed by atoms with E-state index in [0.717, 1.165) is 34.8 Å². The monoisotopic (exact) mass is 420 g/mol. The largest absolute Gasteiger partial charge is 0.492 e. The first kappa shape index (κ1) is 20.3. The van der Waals surface area contributed by atoms with Gasteiger partial charge >= 0.3 is 0 Å². The predicted molar refractivity (Wildman–Crippen MR) is 122 cm³/mol. The lowest BCUT2D eigenvalue weighted by Crippen LogP contribution is -2.15. The molecule has 3 aromatic carbocycles. The number of rotatable bonds is 8. The van der Waals surface area contributed by atoms with E-state index >= 15 is 0 Å². The van der Waals surface area contributed by atoms with Crippen molar-refractivity contribution < 1.29 is 9.47 Å². The lowest BCUT2D eigenvalue weighted by molar-refractivity contribution is 0.207. The standard InChI is InChI=1S/C25H25ClN2O2/c1-3-19-8-12-21(13-9-19)29-17-16-28-24-7-5-4-6-23(24)27-25(28)18(2)30-22-14-10-20(26)11-15-22/h4-15,18H,3,16-17H2,1-2H3. The number of hydrogen-bond acceptors (Lipinski definition) is 3. The SMILES string of the molecule is CCc1ccc(OCCn2c(C(C)Oc3ccc(Cl)cc3)nc3ccccc32)cc1. The Kier molecular flexibility index (Phi) is 6.24. The molecule has 30 heavy (non-hydrogen) atoms. The van der Waals surface area contributed by atoms with Gasteiger partial charge in [-0.1, -0.05) is 42.8 Å². The van der Waals surface area contributed by atoms with E-state index in [4.69, 9.17) is 26.1 Å². The molecule has 0 spiro atoms. The second kappa shape index (κ2) is 9.23. The van der Waals surface area contributed by atoms with Gasteiger partial charge in [-0.2, -0.15) is 0 Å². The highest BCUT2D eigenvalue weighted by atomic mass is 35.5. The molecular weight excluding hydrogens is 396 g/mol. The van der Waals surface area contributed by atoms with Crippen molar-refractivity contribution in [2.24, 2.45) is 0 Å². The van der Waals surface area contributed by atoms with Crippen LogP contribution in [0.4, 0.5) is 0 Å². The van der Waals surface area contributed by atoms with Crippen LogP contribution in [0.25, 0.3) is 11.0 Å². The quantitative estimate of drug-likeness (QED) is 0.327. The zero-order valence-electron chi connectivity index (χ0n) is 17.2. The summed E-state index contributed by atoms with van der Waals surface area (Å²) in [5.74, 6) is 2.51. The Morgan fingerprint density at radius 2 is 1.63 bits per heavy atom. The van der Waals surface area contributed by atoms with Crippen LogP contribution in [0.2, 0.25) is 5.02 Å². The molecule has 0 bridgehead atoms. The lowest BCUT2D eigenvalue weighted by atomic mass is 10.2. The Labute approximate surface area is 182 Å². The van der Waals surface area contributed by atoms with E-state index in [1.165, 1.54) is 5.56 Å². The average molecular weight is 421 g/mol. The maximum atomic E-state index is 6.13. The van der Waals surface area contributed by atoms with Crippen LogP contribution in [0.15, 0.2) is 72.8 Å². The van der Waals surface area contributed by atoms with Crippen LogP contribution in [-0.2, 0) is 13.0 Å². The first-order valence-electron chi connectivity index (χ1n) is 10.2. The Morgan fingerprint density at radius 3 is 2.37 bits per heavy atom. The predicted octanol–water partition coefficient (Wildman–Crippen LogP) is 6.47. The van der Waals surface area contributed by atoms with Crippen molar-refractivity contribution in [1.82, 2.24) is 9.55 Å². The van der Waals surface area contributed by atoms with Gasteiger partial charge in [0.2, 0.25) is 0 Å². The minimum atomic E-state index is -0.220. The molecule has 0 amide bonds. The number of ether oxygens (including phenoxy) is 2. The molecule has 4 aromatic rings. The van der Waals surface area contributed by atoms with Gasteiger partial charge < -0.3 is 14.0 Å². The summed E-state index contributed by atoms with van der Waals surface area (Å²) in [5.41, 5.74) is 3.33. The van der Waals surface area contributed by atoms with Gasteiger partial charge in [-0.25, -0.2) is 4.98 Å². The number of aromatic nitrogens is 2. The molecule has 0 saturated carbocycles. The normalized spacial score (nSPS) is 12.1. The van der Waals surface area contributed by atoms with Gasteiger partial charge in [0.1, 0.15) is 18.1 Å². The van der Waals surface area contributed by atoms with Gasteiger partial charge in [-0.05, 0) is 67.4 Å². The van der Waals surface area contributed by atoms with E-state index in [9.17, 15) is 0 Å². The summed E-state index contributed by atoms with van der Waals surface area (Å²) in [6.07, 6.45) is 0.804. The number of nitrogens with zero attached hydrogens (tertiary/aromatic N) is 2. The molecule has 0 saturated heterocycles. The second-order valence-electron chi connectivity index (χ2n) is 7.17. The molecule has 154 valence electrons. The smallest absolute Gasteiger partial charge is 0.153 e. The first-order valence-corrected chi connectivity index (χ1v) is 10.6. The van der Waals surface area contributed by atoms with E-state index in [1.54, 1.807) is 0 Å². The average Bonchev–Trinajstić information content (AvgIpc) is 3.15. The molecule has 1 heterocycles. The molecule has 5 heteroatoms. The van der Waals surface area contributed by atoms with Crippen LogP contribution in [-0.4, -0.2) is 16.2 Å². The van der Waals surface area contributed by atoms with Crippen molar-refractivity contribution in [3.05, 3.63) is 89.2 Å². The van der Waals surface area contributed by atoms with Crippen LogP contribution in [0.1, 0.15) is 31.3 Å². The number of para-hydroxylation sites is 2. The van der Waals surface area contributed by atoms with Crippen molar-refractivity contribution in [2.45, 2.75) is 32.9 Å². The van der Waals surface area contributed by atoms with E-state index in [1.807, 2.05) is 61.5 Å². The zero-order valence-corrected chi connectivity index (χ0v) is 18.0. The van der Waals surface area contributed by atoms with E-state index in [-0.39, 0.29) is 6.10 Å². The molecule has 1 unspecified atom stereocenters. The summed E-state index contributed by atoms with van der Waals surface area (Å²) in [4.78, 5) is 4.83. The van der Waals surface area contributed by atoms with E-state index in [2.05, 4.69) is 29.7 Å². The molecule has 4 nitrogen and oxygen atoms in total. The Hall–Kier alpha value is -2.98. The summed E-state index contributed by atoms with van der Waals surface area (Å²) in [7, 11) is 0. The highest BCUT2D eigenvalue weighted by molar-refractivity contribution is 6.30. The number of benzene rings is 3. The molecule has 0 aliphatic carbocycles. The Bertz CT molecular complexity index is 1100. The van der Waals surface area contributed by atoms with Gasteiger partial charge in [0, 0.05) is 5.02 Å². The van der Waals surface area contributed by atoms with Crippen molar-refractivity contribution >= 4 is 22.6 Å². The fourth-order valence-corrected chi connectivity index (χ4v) is 3.61. The van der Waals surface area contributed by atoms with Crippen molar-refractivity contribution in [3.8, 4) is 11.5 Å². The van der Waals surface area contributed by atoms with Crippen LogP contribution >= 0.6 is 11.6 Å². The number of fused-ring (bicyclic) bond motifs is 1.